The summed E-state index contributed by atoms with van der Waals surface area (Å²) < 4.78 is 47.2. The summed E-state index contributed by atoms with van der Waals surface area (Å²) in [5.74, 6) is 0.442. The zero-order chi connectivity index (χ0) is 30.9. The first-order valence-electron chi connectivity index (χ1n) is 13.7. The Morgan fingerprint density at radius 2 is 1.88 bits per heavy atom. The average molecular weight is 613 g/mol. The van der Waals surface area contributed by atoms with Crippen LogP contribution in [0.3, 0.4) is 0 Å². The molecule has 1 aliphatic rings. The second kappa shape index (κ2) is 12.1. The molecule has 1 aliphatic heterocycles. The van der Waals surface area contributed by atoms with Crippen LogP contribution in [0.5, 0.6) is 5.75 Å². The molecule has 0 saturated carbocycles. The highest BCUT2D eigenvalue weighted by Crippen LogP contribution is 2.35. The van der Waals surface area contributed by atoms with Crippen LogP contribution in [0.2, 0.25) is 0 Å². The van der Waals surface area contributed by atoms with E-state index >= 15 is 0 Å². The Balaban J connectivity index is 1.31. The molecule has 0 bridgehead atoms. The minimum absolute atomic E-state index is 0.0520. The van der Waals surface area contributed by atoms with Gasteiger partial charge in [-0.2, -0.15) is 18.3 Å². The number of benzene rings is 2. The number of carbonyl (C=O) groups is 2. The van der Waals surface area contributed by atoms with E-state index in [9.17, 15) is 22.8 Å². The highest BCUT2D eigenvalue weighted by molar-refractivity contribution is 7.12. The summed E-state index contributed by atoms with van der Waals surface area (Å²) >= 11 is 1.41. The molecular weight excluding hydrogens is 581 g/mol. The van der Waals surface area contributed by atoms with Gasteiger partial charge in [0.2, 0.25) is 5.13 Å². The van der Waals surface area contributed by atoms with E-state index in [0.717, 1.165) is 23.1 Å². The summed E-state index contributed by atoms with van der Waals surface area (Å²) in [5, 5.41) is 9.47. The molecule has 0 radical (unpaired) electrons. The van der Waals surface area contributed by atoms with Crippen LogP contribution in [0.1, 0.15) is 48.3 Å². The zero-order valence-electron chi connectivity index (χ0n) is 24.1. The van der Waals surface area contributed by atoms with Crippen molar-refractivity contribution in [3.05, 3.63) is 76.9 Å². The van der Waals surface area contributed by atoms with Crippen LogP contribution in [0.25, 0.3) is 16.4 Å². The Morgan fingerprint density at radius 1 is 1.12 bits per heavy atom. The quantitative estimate of drug-likeness (QED) is 0.268. The van der Waals surface area contributed by atoms with Gasteiger partial charge in [-0.15, -0.1) is 11.3 Å². The van der Waals surface area contributed by atoms with Gasteiger partial charge in [0.15, 0.2) is 0 Å². The van der Waals surface area contributed by atoms with Gasteiger partial charge in [-0.3, -0.25) is 4.79 Å². The zero-order valence-corrected chi connectivity index (χ0v) is 24.9. The van der Waals surface area contributed by atoms with Crippen molar-refractivity contribution in [2.24, 2.45) is 0 Å². The molecule has 3 heterocycles. The Morgan fingerprint density at radius 3 is 2.58 bits per heavy atom. The molecule has 4 aromatic rings. The molecule has 1 saturated heterocycles. The normalized spacial score (nSPS) is 15.6. The van der Waals surface area contributed by atoms with Crippen molar-refractivity contribution in [3.63, 3.8) is 0 Å². The van der Waals surface area contributed by atoms with Gasteiger partial charge in [0.05, 0.1) is 41.5 Å². The fourth-order valence-corrected chi connectivity index (χ4v) is 5.95. The molecule has 1 unspecified atom stereocenters. The number of ether oxygens (including phenoxy) is 1. The third-order valence-electron chi connectivity index (χ3n) is 7.27. The van der Waals surface area contributed by atoms with Crippen LogP contribution in [0, 0.1) is 0 Å². The fourth-order valence-electron chi connectivity index (χ4n) is 5.15. The number of hydrogen-bond donors (Lipinski definition) is 1. The van der Waals surface area contributed by atoms with Gasteiger partial charge < -0.3 is 19.9 Å². The lowest BCUT2D eigenvalue weighted by atomic mass is 10.0. The van der Waals surface area contributed by atoms with Gasteiger partial charge in [0.25, 0.3) is 5.91 Å². The molecule has 1 fully saturated rings. The topological polar surface area (TPSA) is 92.6 Å². The van der Waals surface area contributed by atoms with Crippen molar-refractivity contribution in [1.29, 1.82) is 0 Å². The summed E-state index contributed by atoms with van der Waals surface area (Å²) in [6.45, 7) is 6.31. The number of urea groups is 1. The van der Waals surface area contributed by atoms with Crippen LogP contribution in [-0.2, 0) is 6.18 Å². The molecule has 2 aromatic carbocycles. The van der Waals surface area contributed by atoms with Crippen LogP contribution in [0.15, 0.2) is 60.1 Å². The third kappa shape index (κ3) is 6.21. The SMILES string of the molecule is COc1cccc(-c2csc(-n3ncc(C(=O)N4CCN(C(=O)Nc5ccccc5C(F)(F)F)C(C)C4)c3C(C)C)n2)c1. The maximum absolute atomic E-state index is 13.7. The van der Waals surface area contributed by atoms with E-state index in [0.29, 0.717) is 16.4 Å². The predicted octanol–water partition coefficient (Wildman–Crippen LogP) is 6.53. The summed E-state index contributed by atoms with van der Waals surface area (Å²) in [6, 6.07) is 11.4. The molecule has 43 heavy (non-hydrogen) atoms. The molecule has 0 spiro atoms. The van der Waals surface area contributed by atoms with Crippen LogP contribution in [-0.4, -0.2) is 69.3 Å². The number of amides is 3. The van der Waals surface area contributed by atoms with Crippen LogP contribution < -0.4 is 10.1 Å². The number of nitrogens with one attached hydrogen (secondary N) is 1. The smallest absolute Gasteiger partial charge is 0.418 e. The number of nitrogens with zero attached hydrogens (tertiary/aromatic N) is 5. The first kappa shape index (κ1) is 30.1. The van der Waals surface area contributed by atoms with E-state index in [4.69, 9.17) is 9.72 Å². The largest absolute Gasteiger partial charge is 0.497 e. The second-order valence-electron chi connectivity index (χ2n) is 10.5. The fraction of sp³-hybridized carbons (Fsp3) is 0.333. The number of halogens is 3. The molecule has 3 amide bonds. The Kier molecular flexibility index (Phi) is 8.45. The summed E-state index contributed by atoms with van der Waals surface area (Å²) in [7, 11) is 1.61. The van der Waals surface area contributed by atoms with Crippen molar-refractivity contribution >= 4 is 29.0 Å². The molecule has 0 aliphatic carbocycles. The number of thiazole rings is 1. The standard InChI is InChI=1S/C30H31F3N6O3S/c1-18(2)26-22(15-34-39(26)29-36-25(17-43-29)20-8-7-9-21(14-20)42-4)27(40)37-12-13-38(19(3)16-37)28(41)35-24-11-6-5-10-23(24)30(31,32)33/h5-11,14-15,17-19H,12-13,16H2,1-4H3,(H,35,41). The van der Waals surface area contributed by atoms with E-state index in [1.54, 1.807) is 29.8 Å². The van der Waals surface area contributed by atoms with Gasteiger partial charge in [0, 0.05) is 36.6 Å². The average Bonchev–Trinajstić information content (AvgIpc) is 3.64. The first-order valence-corrected chi connectivity index (χ1v) is 14.6. The van der Waals surface area contributed by atoms with E-state index in [-0.39, 0.29) is 37.1 Å². The monoisotopic (exact) mass is 612 g/mol. The molecule has 226 valence electrons. The highest BCUT2D eigenvalue weighted by atomic mass is 32.1. The Labute approximate surface area is 250 Å². The van der Waals surface area contributed by atoms with Crippen LogP contribution >= 0.6 is 11.3 Å². The number of rotatable bonds is 6. The molecule has 1 atom stereocenters. The number of methoxy groups -OCH3 is 1. The maximum Gasteiger partial charge on any atom is 0.418 e. The van der Waals surface area contributed by atoms with Gasteiger partial charge in [-0.05, 0) is 37.1 Å². The number of para-hydroxylation sites is 1. The van der Waals surface area contributed by atoms with Gasteiger partial charge in [-0.1, -0.05) is 38.1 Å². The highest BCUT2D eigenvalue weighted by Gasteiger charge is 2.36. The number of carbonyl (C=O) groups excluding carboxylic acids is 2. The van der Waals surface area contributed by atoms with Crippen molar-refractivity contribution in [3.8, 4) is 22.1 Å². The van der Waals surface area contributed by atoms with Crippen LogP contribution in [0.4, 0.5) is 23.7 Å². The number of piperazine rings is 1. The molecule has 9 nitrogen and oxygen atoms in total. The number of hydrogen-bond acceptors (Lipinski definition) is 6. The van der Waals surface area contributed by atoms with E-state index in [2.05, 4.69) is 10.4 Å². The minimum Gasteiger partial charge on any atom is -0.497 e. The Bertz CT molecular complexity index is 1630. The number of aromatic nitrogens is 3. The molecule has 5 rings (SSSR count). The van der Waals surface area contributed by atoms with Gasteiger partial charge in [-0.25, -0.2) is 14.5 Å². The van der Waals surface area contributed by atoms with Gasteiger partial charge in [0.1, 0.15) is 5.75 Å². The number of alkyl halides is 3. The predicted molar refractivity (Wildman–Crippen MR) is 158 cm³/mol. The van der Waals surface area contributed by atoms with Crippen molar-refractivity contribution in [1.82, 2.24) is 24.6 Å². The van der Waals surface area contributed by atoms with Gasteiger partial charge >= 0.3 is 12.2 Å². The third-order valence-corrected chi connectivity index (χ3v) is 8.09. The van der Waals surface area contributed by atoms with E-state index < -0.39 is 23.8 Å². The lowest BCUT2D eigenvalue weighted by Crippen LogP contribution is -2.56. The maximum atomic E-state index is 13.7. The summed E-state index contributed by atoms with van der Waals surface area (Å²) in [4.78, 5) is 34.6. The lowest BCUT2D eigenvalue weighted by Gasteiger charge is -2.39. The van der Waals surface area contributed by atoms with E-state index in [1.165, 1.54) is 34.4 Å². The second-order valence-corrected chi connectivity index (χ2v) is 11.4. The summed E-state index contributed by atoms with van der Waals surface area (Å²) in [5.41, 5.74) is 1.59. The van der Waals surface area contributed by atoms with Crippen molar-refractivity contribution < 1.29 is 27.5 Å². The molecule has 2 aromatic heterocycles. The lowest BCUT2D eigenvalue weighted by molar-refractivity contribution is -0.136. The molecule has 13 heteroatoms. The molecule has 1 N–H and O–H groups in total. The Hall–Kier alpha value is -4.39. The molecular formula is C30H31F3N6O3S. The van der Waals surface area contributed by atoms with Crippen molar-refractivity contribution in [2.45, 2.75) is 38.9 Å². The first-order chi connectivity index (χ1) is 20.5. The van der Waals surface area contributed by atoms with E-state index in [1.807, 2.05) is 43.5 Å². The minimum atomic E-state index is -4.60. The van der Waals surface area contributed by atoms with Crippen molar-refractivity contribution in [2.75, 3.05) is 32.1 Å². The number of anilines is 1. The summed E-state index contributed by atoms with van der Waals surface area (Å²) in [6.07, 6.45) is -3.06.